The lowest BCUT2D eigenvalue weighted by molar-refractivity contribution is 0.423. The zero-order chi connectivity index (χ0) is 14.7. The van der Waals surface area contributed by atoms with E-state index in [-0.39, 0.29) is 6.04 Å². The molecular formula is C16H23N3OS. The third-order valence-corrected chi connectivity index (χ3v) is 5.19. The number of aromatic nitrogens is 2. The van der Waals surface area contributed by atoms with Gasteiger partial charge in [-0.3, -0.25) is 0 Å². The second kappa shape index (κ2) is 6.71. The van der Waals surface area contributed by atoms with Gasteiger partial charge in [-0.2, -0.15) is 0 Å². The maximum atomic E-state index is 5.86. The summed E-state index contributed by atoms with van der Waals surface area (Å²) < 4.78 is 5.86. The van der Waals surface area contributed by atoms with Gasteiger partial charge in [0.1, 0.15) is 0 Å². The molecule has 1 atom stereocenters. The largest absolute Gasteiger partial charge is 0.418 e. The van der Waals surface area contributed by atoms with Crippen LogP contribution in [0.15, 0.2) is 10.5 Å². The molecule has 2 aromatic rings. The van der Waals surface area contributed by atoms with E-state index in [0.717, 1.165) is 17.8 Å². The molecule has 3 rings (SSSR count). The summed E-state index contributed by atoms with van der Waals surface area (Å²) in [5.41, 5.74) is 1.49. The molecule has 0 aromatic carbocycles. The van der Waals surface area contributed by atoms with Gasteiger partial charge in [0.05, 0.1) is 10.9 Å². The van der Waals surface area contributed by atoms with Gasteiger partial charge in [0.25, 0.3) is 5.89 Å². The molecule has 2 heterocycles. The molecule has 0 amide bonds. The first-order valence-electron chi connectivity index (χ1n) is 7.96. The van der Waals surface area contributed by atoms with Crippen molar-refractivity contribution in [2.45, 2.75) is 58.4 Å². The SMILES string of the molecule is CCCNC(C)c1nnc(-c2cc3c(s2)CCCCC3)o1. The number of hydrogen-bond acceptors (Lipinski definition) is 5. The predicted octanol–water partition coefficient (Wildman–Crippen LogP) is 4.13. The van der Waals surface area contributed by atoms with Crippen molar-refractivity contribution in [3.63, 3.8) is 0 Å². The molecule has 5 heteroatoms. The Balaban J connectivity index is 1.77. The van der Waals surface area contributed by atoms with E-state index in [0.29, 0.717) is 11.8 Å². The van der Waals surface area contributed by atoms with Crippen LogP contribution in [0.2, 0.25) is 0 Å². The van der Waals surface area contributed by atoms with Gasteiger partial charge in [0.15, 0.2) is 0 Å². The quantitative estimate of drug-likeness (QED) is 0.844. The van der Waals surface area contributed by atoms with Gasteiger partial charge in [0, 0.05) is 4.88 Å². The molecule has 1 unspecified atom stereocenters. The molecule has 1 N–H and O–H groups in total. The average Bonchev–Trinajstić information content (AvgIpc) is 3.07. The van der Waals surface area contributed by atoms with Gasteiger partial charge < -0.3 is 9.73 Å². The fraction of sp³-hybridized carbons (Fsp3) is 0.625. The van der Waals surface area contributed by atoms with Crippen LogP contribution in [-0.2, 0) is 12.8 Å². The number of hydrogen-bond donors (Lipinski definition) is 1. The minimum atomic E-state index is 0.115. The molecule has 1 aliphatic rings. The van der Waals surface area contributed by atoms with Crippen LogP contribution in [0.4, 0.5) is 0 Å². The van der Waals surface area contributed by atoms with Crippen LogP contribution in [0.25, 0.3) is 10.8 Å². The minimum Gasteiger partial charge on any atom is -0.418 e. The lowest BCUT2D eigenvalue weighted by Gasteiger charge is -2.07. The Morgan fingerprint density at radius 2 is 2.14 bits per heavy atom. The minimum absolute atomic E-state index is 0.115. The van der Waals surface area contributed by atoms with E-state index in [4.69, 9.17) is 4.42 Å². The second-order valence-electron chi connectivity index (χ2n) is 5.74. The van der Waals surface area contributed by atoms with Crippen molar-refractivity contribution in [2.24, 2.45) is 0 Å². The summed E-state index contributed by atoms with van der Waals surface area (Å²) in [5.74, 6) is 1.36. The van der Waals surface area contributed by atoms with Gasteiger partial charge in [-0.15, -0.1) is 21.5 Å². The molecule has 4 nitrogen and oxygen atoms in total. The molecule has 114 valence electrons. The number of rotatable bonds is 5. The van der Waals surface area contributed by atoms with E-state index in [9.17, 15) is 0 Å². The Hall–Kier alpha value is -1.20. The monoisotopic (exact) mass is 305 g/mol. The van der Waals surface area contributed by atoms with Crippen molar-refractivity contribution in [3.8, 4) is 10.8 Å². The lowest BCUT2D eigenvalue weighted by atomic mass is 10.1. The van der Waals surface area contributed by atoms with E-state index in [2.05, 4.69) is 35.4 Å². The van der Waals surface area contributed by atoms with Gasteiger partial charge in [-0.1, -0.05) is 13.3 Å². The first kappa shape index (κ1) is 14.7. The van der Waals surface area contributed by atoms with Gasteiger partial charge >= 0.3 is 0 Å². The van der Waals surface area contributed by atoms with E-state index in [1.165, 1.54) is 42.5 Å². The predicted molar refractivity (Wildman–Crippen MR) is 85.6 cm³/mol. The molecule has 0 saturated carbocycles. The first-order valence-corrected chi connectivity index (χ1v) is 8.78. The van der Waals surface area contributed by atoms with Crippen molar-refractivity contribution in [2.75, 3.05) is 6.54 Å². The van der Waals surface area contributed by atoms with E-state index >= 15 is 0 Å². The van der Waals surface area contributed by atoms with Crippen LogP contribution in [0, 0.1) is 0 Å². The Bertz CT molecular complexity index is 567. The summed E-state index contributed by atoms with van der Waals surface area (Å²) in [7, 11) is 0. The van der Waals surface area contributed by atoms with E-state index in [1.807, 2.05) is 11.3 Å². The van der Waals surface area contributed by atoms with Crippen molar-refractivity contribution >= 4 is 11.3 Å². The maximum absolute atomic E-state index is 5.86. The second-order valence-corrected chi connectivity index (χ2v) is 6.88. The van der Waals surface area contributed by atoms with Gasteiger partial charge in [-0.05, 0) is 57.2 Å². The molecule has 0 bridgehead atoms. The highest BCUT2D eigenvalue weighted by atomic mass is 32.1. The van der Waals surface area contributed by atoms with Crippen LogP contribution < -0.4 is 5.32 Å². The highest BCUT2D eigenvalue weighted by Gasteiger charge is 2.18. The Labute approximate surface area is 130 Å². The summed E-state index contributed by atoms with van der Waals surface area (Å²) in [6.07, 6.45) is 7.46. The summed E-state index contributed by atoms with van der Waals surface area (Å²) in [4.78, 5) is 2.64. The topological polar surface area (TPSA) is 51.0 Å². The summed E-state index contributed by atoms with van der Waals surface area (Å²) in [6.45, 7) is 5.18. The van der Waals surface area contributed by atoms with Crippen LogP contribution >= 0.6 is 11.3 Å². The van der Waals surface area contributed by atoms with Gasteiger partial charge in [-0.25, -0.2) is 0 Å². The van der Waals surface area contributed by atoms with Crippen molar-refractivity contribution in [3.05, 3.63) is 22.4 Å². The molecule has 0 fully saturated rings. The third-order valence-electron chi connectivity index (χ3n) is 3.97. The average molecular weight is 305 g/mol. The van der Waals surface area contributed by atoms with Crippen molar-refractivity contribution in [1.82, 2.24) is 15.5 Å². The summed E-state index contributed by atoms with van der Waals surface area (Å²) >= 11 is 1.83. The number of thiophene rings is 1. The van der Waals surface area contributed by atoms with E-state index in [1.54, 1.807) is 0 Å². The normalized spacial score (nSPS) is 16.5. The Morgan fingerprint density at radius 1 is 1.29 bits per heavy atom. The molecule has 0 aliphatic heterocycles. The van der Waals surface area contributed by atoms with Crippen LogP contribution in [0.1, 0.15) is 61.9 Å². The molecule has 2 aromatic heterocycles. The molecule has 1 aliphatic carbocycles. The number of aryl methyl sites for hydroxylation is 2. The summed E-state index contributed by atoms with van der Waals surface area (Å²) in [5, 5.41) is 11.8. The standard InChI is InChI=1S/C16H23N3OS/c1-3-9-17-11(2)15-18-19-16(20-15)14-10-12-7-5-4-6-8-13(12)21-14/h10-11,17H,3-9H2,1-2H3. The van der Waals surface area contributed by atoms with Crippen LogP contribution in [0.5, 0.6) is 0 Å². The fourth-order valence-electron chi connectivity index (χ4n) is 2.73. The highest BCUT2D eigenvalue weighted by molar-refractivity contribution is 7.15. The molecule has 0 spiro atoms. The highest BCUT2D eigenvalue weighted by Crippen LogP contribution is 2.34. The maximum Gasteiger partial charge on any atom is 0.257 e. The van der Waals surface area contributed by atoms with Crippen molar-refractivity contribution in [1.29, 1.82) is 0 Å². The number of nitrogens with zero attached hydrogens (tertiary/aromatic N) is 2. The Morgan fingerprint density at radius 3 is 3.00 bits per heavy atom. The third kappa shape index (κ3) is 3.35. The molecule has 0 radical (unpaired) electrons. The van der Waals surface area contributed by atoms with Crippen LogP contribution in [0.3, 0.4) is 0 Å². The molecule has 21 heavy (non-hydrogen) atoms. The van der Waals surface area contributed by atoms with E-state index < -0.39 is 0 Å². The molecular weight excluding hydrogens is 282 g/mol. The fourth-order valence-corrected chi connectivity index (χ4v) is 3.91. The zero-order valence-electron chi connectivity index (χ0n) is 12.8. The Kier molecular flexibility index (Phi) is 4.70. The van der Waals surface area contributed by atoms with Gasteiger partial charge in [0.2, 0.25) is 5.89 Å². The van der Waals surface area contributed by atoms with Crippen LogP contribution in [-0.4, -0.2) is 16.7 Å². The zero-order valence-corrected chi connectivity index (χ0v) is 13.6. The molecule has 0 saturated heterocycles. The first-order chi connectivity index (χ1) is 10.3. The van der Waals surface area contributed by atoms with Crippen molar-refractivity contribution < 1.29 is 4.42 Å². The number of nitrogens with one attached hydrogen (secondary N) is 1. The number of fused-ring (bicyclic) bond motifs is 1. The smallest absolute Gasteiger partial charge is 0.257 e. The summed E-state index contributed by atoms with van der Waals surface area (Å²) in [6, 6.07) is 2.37. The lowest BCUT2D eigenvalue weighted by Crippen LogP contribution is -2.19.